The molecule has 9 nitrogen and oxygen atoms in total. The molecule has 2 saturated carbocycles. The summed E-state index contributed by atoms with van der Waals surface area (Å²) in [5, 5.41) is 14.2. The van der Waals surface area contributed by atoms with Crippen LogP contribution in [-0.4, -0.2) is 60.1 Å². The molecule has 1 aromatic carbocycles. The Morgan fingerprint density at radius 3 is 2.37 bits per heavy atom. The Balaban J connectivity index is 1.32. The van der Waals surface area contributed by atoms with Gasteiger partial charge in [-0.15, -0.1) is 0 Å². The third kappa shape index (κ3) is 5.04. The average molecular weight is 485 g/mol. The monoisotopic (exact) mass is 484 g/mol. The average Bonchev–Trinajstić information content (AvgIpc) is 3.34. The molecule has 2 heterocycles. The number of amides is 1. The second-order valence-electron chi connectivity index (χ2n) is 10.3. The van der Waals surface area contributed by atoms with Crippen LogP contribution in [0.5, 0.6) is 17.4 Å². The molecule has 1 aliphatic heterocycles. The minimum atomic E-state index is -0.459. The van der Waals surface area contributed by atoms with Crippen molar-refractivity contribution < 1.29 is 24.1 Å². The molecule has 5 rings (SSSR count). The number of rotatable bonds is 7. The van der Waals surface area contributed by atoms with Crippen LogP contribution in [-0.2, 0) is 4.74 Å². The van der Waals surface area contributed by atoms with Crippen LogP contribution in [0.1, 0.15) is 64.2 Å². The highest BCUT2D eigenvalue weighted by molar-refractivity contribution is 5.87. The summed E-state index contributed by atoms with van der Waals surface area (Å²) < 4.78 is 16.9. The molecular formula is C26H36N4O5. The molecule has 1 amide bonds. The Hall–Kier alpha value is -2.97. The lowest BCUT2D eigenvalue weighted by Gasteiger charge is -2.44. The minimum Gasteiger partial charge on any atom is -0.493 e. The number of fused-ring (bicyclic) bond motifs is 1. The molecule has 1 aromatic heterocycles. The maximum absolute atomic E-state index is 12.8. The third-order valence-electron chi connectivity index (χ3n) is 8.00. The molecule has 9 heteroatoms. The van der Waals surface area contributed by atoms with Crippen molar-refractivity contribution in [1.82, 2.24) is 15.3 Å². The first-order valence-corrected chi connectivity index (χ1v) is 12.9. The Bertz CT molecular complexity index is 1060. The quantitative estimate of drug-likeness (QED) is 0.590. The molecular weight excluding hydrogens is 448 g/mol. The van der Waals surface area contributed by atoms with E-state index in [0.29, 0.717) is 47.4 Å². The lowest BCUT2D eigenvalue weighted by Crippen LogP contribution is -2.51. The van der Waals surface area contributed by atoms with Crippen LogP contribution in [0.2, 0.25) is 0 Å². The van der Waals surface area contributed by atoms with Gasteiger partial charge >= 0.3 is 6.09 Å². The van der Waals surface area contributed by atoms with Crippen molar-refractivity contribution in [2.75, 3.05) is 32.2 Å². The fourth-order valence-electron chi connectivity index (χ4n) is 5.72. The fraction of sp³-hybridized carbons (Fsp3) is 0.654. The van der Waals surface area contributed by atoms with Crippen LogP contribution in [0.4, 0.5) is 10.7 Å². The summed E-state index contributed by atoms with van der Waals surface area (Å²) in [4.78, 5) is 23.9. The summed E-state index contributed by atoms with van der Waals surface area (Å²) in [7, 11) is 3.12. The lowest BCUT2D eigenvalue weighted by atomic mass is 9.74. The molecule has 3 fully saturated rings. The van der Waals surface area contributed by atoms with Gasteiger partial charge in [0.25, 0.3) is 0 Å². The van der Waals surface area contributed by atoms with Gasteiger partial charge in [-0.05, 0) is 31.2 Å². The molecule has 2 aromatic rings. The lowest BCUT2D eigenvalue weighted by molar-refractivity contribution is -0.0342. The number of carbonyl (C=O) groups excluding carboxylic acids is 1. The fourth-order valence-corrected chi connectivity index (χ4v) is 5.72. The first kappa shape index (κ1) is 23.8. The number of piperidine rings is 1. The van der Waals surface area contributed by atoms with Gasteiger partial charge in [-0.25, -0.2) is 9.78 Å². The van der Waals surface area contributed by atoms with E-state index >= 15 is 0 Å². The van der Waals surface area contributed by atoms with Gasteiger partial charge in [0.1, 0.15) is 5.60 Å². The van der Waals surface area contributed by atoms with Crippen LogP contribution < -0.4 is 19.7 Å². The van der Waals surface area contributed by atoms with Gasteiger partial charge in [0.2, 0.25) is 11.8 Å². The van der Waals surface area contributed by atoms with E-state index in [9.17, 15) is 9.90 Å². The van der Waals surface area contributed by atoms with Crippen LogP contribution in [0.15, 0.2) is 12.1 Å². The summed E-state index contributed by atoms with van der Waals surface area (Å²) in [5.41, 5.74) is 0.128. The predicted octanol–water partition coefficient (Wildman–Crippen LogP) is 4.55. The highest BCUT2D eigenvalue weighted by Gasteiger charge is 2.42. The number of carbonyl (C=O) groups is 1. The molecule has 1 saturated heterocycles. The number of aromatic hydroxyl groups is 1. The highest BCUT2D eigenvalue weighted by Crippen LogP contribution is 2.41. The predicted molar refractivity (Wildman–Crippen MR) is 132 cm³/mol. The first-order chi connectivity index (χ1) is 17.0. The summed E-state index contributed by atoms with van der Waals surface area (Å²) in [6.07, 6.45) is 10.2. The molecule has 0 radical (unpaired) electrons. The van der Waals surface area contributed by atoms with E-state index in [1.54, 1.807) is 26.4 Å². The van der Waals surface area contributed by atoms with Gasteiger partial charge in [0, 0.05) is 38.0 Å². The van der Waals surface area contributed by atoms with E-state index < -0.39 is 5.60 Å². The van der Waals surface area contributed by atoms with E-state index in [0.717, 1.165) is 32.1 Å². The summed E-state index contributed by atoms with van der Waals surface area (Å²) >= 11 is 0. The summed E-state index contributed by atoms with van der Waals surface area (Å²) in [5.74, 6) is 2.06. The normalized spacial score (nSPS) is 20.5. The largest absolute Gasteiger partial charge is 0.493 e. The van der Waals surface area contributed by atoms with Gasteiger partial charge in [-0.3, -0.25) is 0 Å². The number of nitrogens with one attached hydrogen (secondary N) is 1. The van der Waals surface area contributed by atoms with Gasteiger partial charge in [0.15, 0.2) is 11.5 Å². The zero-order valence-electron chi connectivity index (χ0n) is 20.7. The topological polar surface area (TPSA) is 106 Å². The van der Waals surface area contributed by atoms with Crippen LogP contribution >= 0.6 is 0 Å². The van der Waals surface area contributed by atoms with Crippen molar-refractivity contribution in [1.29, 1.82) is 0 Å². The maximum Gasteiger partial charge on any atom is 0.407 e. The second-order valence-corrected chi connectivity index (χ2v) is 10.3. The van der Waals surface area contributed by atoms with Crippen molar-refractivity contribution >= 4 is 22.9 Å². The highest BCUT2D eigenvalue weighted by atomic mass is 16.6. The number of ether oxygens (including phenoxy) is 3. The van der Waals surface area contributed by atoms with Crippen molar-refractivity contribution in [2.24, 2.45) is 5.92 Å². The number of benzene rings is 1. The number of nitrogens with zero attached hydrogens (tertiary/aromatic N) is 3. The van der Waals surface area contributed by atoms with E-state index in [2.05, 4.69) is 15.2 Å². The number of hydrogen-bond donors (Lipinski definition) is 2. The first-order valence-electron chi connectivity index (χ1n) is 12.9. The number of aromatic nitrogens is 2. The SMILES string of the molecule is COc1cc2nc(N3CCC(CC4CCC4)(OC(=O)NC4CCCC4)CC3)nc(O)c2cc1OC. The van der Waals surface area contributed by atoms with Gasteiger partial charge in [0.05, 0.1) is 25.1 Å². The molecule has 190 valence electrons. The number of anilines is 1. The summed E-state index contributed by atoms with van der Waals surface area (Å²) in [6, 6.07) is 3.68. The van der Waals surface area contributed by atoms with Crippen LogP contribution in [0.3, 0.4) is 0 Å². The standard InChI is InChI=1S/C26H36N4O5/c1-33-21-14-19-20(15-22(21)34-2)28-24(29-23(19)31)30-12-10-26(11-13-30,16-17-6-5-7-17)35-25(32)27-18-8-3-4-9-18/h14-15,17-18H,3-13,16H2,1-2H3,(H,27,32)(H,28,29,31). The van der Waals surface area contributed by atoms with Crippen molar-refractivity contribution in [3.8, 4) is 17.4 Å². The molecule has 0 unspecified atom stereocenters. The molecule has 3 aliphatic rings. The number of methoxy groups -OCH3 is 2. The number of alkyl carbamates (subject to hydrolysis) is 1. The third-order valence-corrected chi connectivity index (χ3v) is 8.00. The van der Waals surface area contributed by atoms with Crippen LogP contribution in [0, 0.1) is 5.92 Å². The Morgan fingerprint density at radius 1 is 1.06 bits per heavy atom. The Kier molecular flexibility index (Phi) is 6.75. The zero-order valence-corrected chi connectivity index (χ0v) is 20.7. The molecule has 0 spiro atoms. The Labute approximate surface area is 206 Å². The molecule has 2 N–H and O–H groups in total. The van der Waals surface area contributed by atoms with E-state index in [-0.39, 0.29) is 18.0 Å². The summed E-state index contributed by atoms with van der Waals surface area (Å²) in [6.45, 7) is 1.31. The van der Waals surface area contributed by atoms with E-state index in [1.807, 2.05) is 0 Å². The van der Waals surface area contributed by atoms with Gasteiger partial charge in [-0.2, -0.15) is 4.98 Å². The molecule has 0 atom stereocenters. The maximum atomic E-state index is 12.8. The zero-order chi connectivity index (χ0) is 24.4. The minimum absolute atomic E-state index is 0.0931. The molecule has 35 heavy (non-hydrogen) atoms. The van der Waals surface area contributed by atoms with Crippen molar-refractivity contribution in [3.05, 3.63) is 12.1 Å². The van der Waals surface area contributed by atoms with Gasteiger partial charge in [-0.1, -0.05) is 32.1 Å². The van der Waals surface area contributed by atoms with Crippen LogP contribution in [0.25, 0.3) is 10.9 Å². The smallest absolute Gasteiger partial charge is 0.407 e. The van der Waals surface area contributed by atoms with Crippen molar-refractivity contribution in [2.45, 2.75) is 75.9 Å². The number of hydrogen-bond acceptors (Lipinski definition) is 8. The van der Waals surface area contributed by atoms with E-state index in [1.165, 1.54) is 32.1 Å². The molecule has 2 aliphatic carbocycles. The molecule has 0 bridgehead atoms. The van der Waals surface area contributed by atoms with Crippen molar-refractivity contribution in [3.63, 3.8) is 0 Å². The second kappa shape index (κ2) is 9.95. The van der Waals surface area contributed by atoms with Gasteiger partial charge < -0.3 is 29.5 Å². The van der Waals surface area contributed by atoms with E-state index in [4.69, 9.17) is 19.2 Å². The Morgan fingerprint density at radius 2 is 1.74 bits per heavy atom.